The van der Waals surface area contributed by atoms with E-state index in [4.69, 9.17) is 28.5 Å². The van der Waals surface area contributed by atoms with Gasteiger partial charge in [-0.05, 0) is 23.8 Å². The molecule has 0 aliphatic carbocycles. The van der Waals surface area contributed by atoms with Gasteiger partial charge in [0.2, 0.25) is 0 Å². The Bertz CT molecular complexity index is 701. The molecule has 2 rings (SSSR count). The van der Waals surface area contributed by atoms with Crippen LogP contribution in [0.3, 0.4) is 0 Å². The summed E-state index contributed by atoms with van der Waals surface area (Å²) in [4.78, 5) is 3.61. The van der Waals surface area contributed by atoms with Crippen molar-refractivity contribution in [3.05, 3.63) is 51.6 Å². The highest BCUT2D eigenvalue weighted by atomic mass is 35.5. The molecule has 0 amide bonds. The minimum atomic E-state index is -4.59. The number of nitrogens with zero attached hydrogens (tertiary/aromatic N) is 2. The summed E-state index contributed by atoms with van der Waals surface area (Å²) >= 11 is 12.0. The second kappa shape index (κ2) is 5.92. The van der Waals surface area contributed by atoms with Gasteiger partial charge in [0.1, 0.15) is 5.69 Å². The maximum absolute atomic E-state index is 12.8. The molecule has 0 aliphatic rings. The zero-order chi connectivity index (χ0) is 15.6. The molecule has 0 saturated carbocycles. The van der Waals surface area contributed by atoms with Crippen LogP contribution in [0.2, 0.25) is 10.0 Å². The van der Waals surface area contributed by atoms with Crippen molar-refractivity contribution in [2.45, 2.75) is 12.6 Å². The van der Waals surface area contributed by atoms with Gasteiger partial charge in [0.05, 0.1) is 28.2 Å². The molecule has 1 heterocycles. The molecule has 0 atom stereocenters. The first-order chi connectivity index (χ1) is 9.84. The number of aromatic nitrogens is 1. The Morgan fingerprint density at radius 1 is 1.10 bits per heavy atom. The second-order valence-electron chi connectivity index (χ2n) is 4.13. The molecule has 7 heteroatoms. The Kier molecular flexibility index (Phi) is 4.40. The predicted molar refractivity (Wildman–Crippen MR) is 74.0 cm³/mol. The summed E-state index contributed by atoms with van der Waals surface area (Å²) < 4.78 is 38.4. The minimum absolute atomic E-state index is 0.0259. The van der Waals surface area contributed by atoms with Gasteiger partial charge in [-0.2, -0.15) is 18.4 Å². The first-order valence-electron chi connectivity index (χ1n) is 5.73. The van der Waals surface area contributed by atoms with Gasteiger partial charge in [-0.3, -0.25) is 0 Å². The molecule has 21 heavy (non-hydrogen) atoms. The number of hydrogen-bond donors (Lipinski definition) is 0. The van der Waals surface area contributed by atoms with Crippen LogP contribution in [0.4, 0.5) is 13.2 Å². The summed E-state index contributed by atoms with van der Waals surface area (Å²) in [5, 5.41) is 9.14. The zero-order valence-electron chi connectivity index (χ0n) is 10.4. The summed E-state index contributed by atoms with van der Waals surface area (Å²) in [5.74, 6) is 0. The van der Waals surface area contributed by atoms with Crippen molar-refractivity contribution < 1.29 is 13.2 Å². The van der Waals surface area contributed by atoms with E-state index in [-0.39, 0.29) is 27.7 Å². The van der Waals surface area contributed by atoms with Gasteiger partial charge in [-0.1, -0.05) is 35.3 Å². The van der Waals surface area contributed by atoms with E-state index in [1.54, 1.807) is 6.07 Å². The van der Waals surface area contributed by atoms with Crippen LogP contribution in [-0.2, 0) is 12.6 Å². The van der Waals surface area contributed by atoms with Crippen molar-refractivity contribution in [3.63, 3.8) is 0 Å². The molecule has 108 valence electrons. The topological polar surface area (TPSA) is 36.7 Å². The maximum atomic E-state index is 12.8. The fourth-order valence-corrected chi connectivity index (χ4v) is 2.39. The van der Waals surface area contributed by atoms with E-state index >= 15 is 0 Å². The molecule has 1 aromatic carbocycles. The lowest BCUT2D eigenvalue weighted by Gasteiger charge is -2.13. The summed E-state index contributed by atoms with van der Waals surface area (Å²) in [5.41, 5.74) is -0.560. The first kappa shape index (κ1) is 15.6. The van der Waals surface area contributed by atoms with E-state index in [1.165, 1.54) is 18.2 Å². The number of hydrogen-bond acceptors (Lipinski definition) is 2. The fraction of sp³-hybridized carbons (Fsp3) is 0.143. The number of rotatable bonds is 2. The van der Waals surface area contributed by atoms with Crippen LogP contribution in [0.1, 0.15) is 11.3 Å². The van der Waals surface area contributed by atoms with Crippen LogP contribution in [0.5, 0.6) is 0 Å². The molecule has 0 unspecified atom stereocenters. The smallest absolute Gasteiger partial charge is 0.243 e. The van der Waals surface area contributed by atoms with Crippen molar-refractivity contribution in [3.8, 4) is 17.3 Å². The molecule has 0 spiro atoms. The average molecular weight is 331 g/mol. The second-order valence-corrected chi connectivity index (χ2v) is 4.95. The Hall–Kier alpha value is -1.77. The third-order valence-corrected chi connectivity index (χ3v) is 3.37. The summed E-state index contributed by atoms with van der Waals surface area (Å²) in [6, 6.07) is 8.51. The van der Waals surface area contributed by atoms with Gasteiger partial charge in [-0.15, -0.1) is 0 Å². The number of alkyl halides is 3. The van der Waals surface area contributed by atoms with Gasteiger partial charge in [-0.25, -0.2) is 4.98 Å². The third-order valence-electron chi connectivity index (χ3n) is 2.74. The van der Waals surface area contributed by atoms with Gasteiger partial charge >= 0.3 is 6.18 Å². The molecular formula is C14H7Cl2F3N2. The number of benzene rings is 1. The van der Waals surface area contributed by atoms with Crippen molar-refractivity contribution in [1.29, 1.82) is 5.26 Å². The van der Waals surface area contributed by atoms with Gasteiger partial charge in [0, 0.05) is 5.56 Å². The molecule has 0 N–H and O–H groups in total. The number of pyridine rings is 1. The van der Waals surface area contributed by atoms with Crippen LogP contribution >= 0.6 is 23.2 Å². The fourth-order valence-electron chi connectivity index (χ4n) is 1.81. The Morgan fingerprint density at radius 3 is 2.24 bits per heavy atom. The SMILES string of the molecule is N#CCc1ccc(C(F)(F)F)nc1-c1c(Cl)cccc1Cl. The standard InChI is InChI=1S/C14H7Cl2F3N2/c15-9-2-1-3-10(16)12(9)13-8(6-7-20)4-5-11(21-13)14(17,18)19/h1-5H,6H2. The highest BCUT2D eigenvalue weighted by Gasteiger charge is 2.33. The molecule has 0 aliphatic heterocycles. The van der Waals surface area contributed by atoms with E-state index in [1.807, 2.05) is 6.07 Å². The quantitative estimate of drug-likeness (QED) is 0.764. The van der Waals surface area contributed by atoms with Gasteiger partial charge < -0.3 is 0 Å². The Morgan fingerprint density at radius 2 is 1.71 bits per heavy atom. The summed E-state index contributed by atoms with van der Waals surface area (Å²) in [6.07, 6.45) is -4.68. The van der Waals surface area contributed by atoms with E-state index in [0.717, 1.165) is 6.07 Å². The molecule has 2 nitrogen and oxygen atoms in total. The van der Waals surface area contributed by atoms with Gasteiger partial charge in [0.25, 0.3) is 0 Å². The van der Waals surface area contributed by atoms with E-state index in [9.17, 15) is 13.2 Å². The van der Waals surface area contributed by atoms with Crippen LogP contribution in [0.15, 0.2) is 30.3 Å². The Labute approximate surface area is 128 Å². The van der Waals surface area contributed by atoms with Crippen molar-refractivity contribution in [2.75, 3.05) is 0 Å². The van der Waals surface area contributed by atoms with E-state index in [2.05, 4.69) is 4.98 Å². The normalized spacial score (nSPS) is 11.2. The number of halogens is 5. The largest absolute Gasteiger partial charge is 0.433 e. The third kappa shape index (κ3) is 3.29. The van der Waals surface area contributed by atoms with Crippen LogP contribution in [-0.4, -0.2) is 4.98 Å². The van der Waals surface area contributed by atoms with Crippen molar-refractivity contribution in [1.82, 2.24) is 4.98 Å². The monoisotopic (exact) mass is 330 g/mol. The van der Waals surface area contributed by atoms with Crippen LogP contribution in [0.25, 0.3) is 11.3 Å². The van der Waals surface area contributed by atoms with Crippen molar-refractivity contribution in [2.24, 2.45) is 0 Å². The molecule has 0 bridgehead atoms. The predicted octanol–water partition coefficient (Wildman–Crippen LogP) is 5.14. The van der Waals surface area contributed by atoms with E-state index in [0.29, 0.717) is 5.56 Å². The lowest BCUT2D eigenvalue weighted by Crippen LogP contribution is -2.09. The zero-order valence-corrected chi connectivity index (χ0v) is 11.9. The molecule has 0 radical (unpaired) electrons. The van der Waals surface area contributed by atoms with Crippen molar-refractivity contribution >= 4 is 23.2 Å². The summed E-state index contributed by atoms with van der Waals surface area (Å²) in [6.45, 7) is 0. The minimum Gasteiger partial charge on any atom is -0.243 e. The lowest BCUT2D eigenvalue weighted by atomic mass is 10.0. The highest BCUT2D eigenvalue weighted by molar-refractivity contribution is 6.39. The highest BCUT2D eigenvalue weighted by Crippen LogP contribution is 2.37. The van der Waals surface area contributed by atoms with Crippen LogP contribution < -0.4 is 0 Å². The molecule has 0 saturated heterocycles. The lowest BCUT2D eigenvalue weighted by molar-refractivity contribution is -0.141. The van der Waals surface area contributed by atoms with E-state index < -0.39 is 11.9 Å². The maximum Gasteiger partial charge on any atom is 0.433 e. The first-order valence-corrected chi connectivity index (χ1v) is 6.48. The molecule has 1 aromatic heterocycles. The van der Waals surface area contributed by atoms with Gasteiger partial charge in [0.15, 0.2) is 0 Å². The molecule has 0 fully saturated rings. The number of nitriles is 1. The van der Waals surface area contributed by atoms with Crippen LogP contribution in [0, 0.1) is 11.3 Å². The average Bonchev–Trinajstić information content (AvgIpc) is 2.39. The Balaban J connectivity index is 2.73. The molecule has 2 aromatic rings. The summed E-state index contributed by atoms with van der Waals surface area (Å²) in [7, 11) is 0. The molecular weight excluding hydrogens is 324 g/mol.